The molecule has 0 aliphatic carbocycles. The second-order valence-corrected chi connectivity index (χ2v) is 7.58. The van der Waals surface area contributed by atoms with E-state index in [0.717, 1.165) is 32.6 Å². The number of primary amides is 1. The van der Waals surface area contributed by atoms with Crippen LogP contribution < -0.4 is 11.1 Å². The molecule has 0 saturated carbocycles. The lowest BCUT2D eigenvalue weighted by Crippen LogP contribution is -2.48. The Bertz CT molecular complexity index is 599. The molecule has 1 atom stereocenters. The molecular weight excluding hydrogens is 328 g/mol. The Balaban J connectivity index is 1.40. The van der Waals surface area contributed by atoms with Crippen LogP contribution in [0.3, 0.4) is 0 Å². The number of amides is 3. The van der Waals surface area contributed by atoms with Gasteiger partial charge < -0.3 is 16.0 Å². The normalized spacial score (nSPS) is 22.2. The summed E-state index contributed by atoms with van der Waals surface area (Å²) in [6.45, 7) is 5.08. The van der Waals surface area contributed by atoms with E-state index in [2.05, 4.69) is 34.5 Å². The lowest BCUT2D eigenvalue weighted by atomic mass is 9.96. The number of nitrogens with zero attached hydrogens (tertiary/aromatic N) is 2. The molecule has 1 aromatic carbocycles. The topological polar surface area (TPSA) is 78.7 Å². The van der Waals surface area contributed by atoms with Gasteiger partial charge in [-0.3, -0.25) is 9.69 Å². The molecule has 26 heavy (non-hydrogen) atoms. The second-order valence-electron chi connectivity index (χ2n) is 7.58. The summed E-state index contributed by atoms with van der Waals surface area (Å²) in [5.41, 5.74) is 6.69. The molecule has 1 aromatic rings. The number of hydrogen-bond acceptors (Lipinski definition) is 3. The predicted octanol–water partition coefficient (Wildman–Crippen LogP) is 1.81. The van der Waals surface area contributed by atoms with E-state index in [0.29, 0.717) is 31.8 Å². The first-order valence-electron chi connectivity index (χ1n) is 9.70. The second kappa shape index (κ2) is 9.03. The average Bonchev–Trinajstić information content (AvgIpc) is 2.67. The predicted molar refractivity (Wildman–Crippen MR) is 101 cm³/mol. The minimum atomic E-state index is -0.245. The average molecular weight is 358 g/mol. The van der Waals surface area contributed by atoms with Gasteiger partial charge in [0, 0.05) is 38.6 Å². The van der Waals surface area contributed by atoms with Crippen molar-refractivity contribution < 1.29 is 9.59 Å². The number of carbonyl (C=O) groups is 2. The van der Waals surface area contributed by atoms with E-state index < -0.39 is 0 Å². The quantitative estimate of drug-likeness (QED) is 0.842. The van der Waals surface area contributed by atoms with Crippen LogP contribution in [0.5, 0.6) is 0 Å². The smallest absolute Gasteiger partial charge is 0.317 e. The molecule has 2 aliphatic rings. The van der Waals surface area contributed by atoms with Gasteiger partial charge >= 0.3 is 6.03 Å². The summed E-state index contributed by atoms with van der Waals surface area (Å²) in [4.78, 5) is 27.9. The van der Waals surface area contributed by atoms with Crippen molar-refractivity contribution in [3.8, 4) is 0 Å². The highest BCUT2D eigenvalue weighted by Gasteiger charge is 2.26. The SMILES string of the molecule is NC(=O)C1CCN(C(=O)NC[C@H]2CCCN(Cc3ccccc3)C2)CC1. The summed E-state index contributed by atoms with van der Waals surface area (Å²) in [5.74, 6) is 0.175. The summed E-state index contributed by atoms with van der Waals surface area (Å²) in [5, 5.41) is 3.09. The minimum Gasteiger partial charge on any atom is -0.369 e. The number of likely N-dealkylation sites (tertiary alicyclic amines) is 2. The molecule has 2 fully saturated rings. The van der Waals surface area contributed by atoms with Crippen molar-refractivity contribution >= 4 is 11.9 Å². The van der Waals surface area contributed by atoms with Crippen LogP contribution in [-0.2, 0) is 11.3 Å². The third-order valence-corrected chi connectivity index (χ3v) is 5.58. The summed E-state index contributed by atoms with van der Waals surface area (Å²) in [6, 6.07) is 10.5. The van der Waals surface area contributed by atoms with Crippen molar-refractivity contribution in [2.45, 2.75) is 32.2 Å². The first kappa shape index (κ1) is 18.7. The van der Waals surface area contributed by atoms with Gasteiger partial charge in [-0.2, -0.15) is 0 Å². The lowest BCUT2D eigenvalue weighted by molar-refractivity contribution is -0.123. The highest BCUT2D eigenvalue weighted by Crippen LogP contribution is 2.19. The third kappa shape index (κ3) is 5.21. The first-order chi connectivity index (χ1) is 12.6. The Morgan fingerprint density at radius 2 is 1.81 bits per heavy atom. The fourth-order valence-corrected chi connectivity index (χ4v) is 4.01. The summed E-state index contributed by atoms with van der Waals surface area (Å²) in [6.07, 6.45) is 3.70. The number of benzene rings is 1. The highest BCUT2D eigenvalue weighted by atomic mass is 16.2. The van der Waals surface area contributed by atoms with Gasteiger partial charge in [0.15, 0.2) is 0 Å². The molecule has 0 unspecified atom stereocenters. The fourth-order valence-electron chi connectivity index (χ4n) is 4.01. The van der Waals surface area contributed by atoms with Crippen LogP contribution in [0.2, 0.25) is 0 Å². The zero-order valence-corrected chi connectivity index (χ0v) is 15.4. The van der Waals surface area contributed by atoms with Crippen LogP contribution >= 0.6 is 0 Å². The number of hydrogen-bond donors (Lipinski definition) is 2. The molecule has 6 nitrogen and oxygen atoms in total. The van der Waals surface area contributed by atoms with E-state index in [1.54, 1.807) is 0 Å². The van der Waals surface area contributed by atoms with Crippen LogP contribution in [0.4, 0.5) is 4.79 Å². The monoisotopic (exact) mass is 358 g/mol. The Hall–Kier alpha value is -2.08. The van der Waals surface area contributed by atoms with Gasteiger partial charge in [-0.15, -0.1) is 0 Å². The van der Waals surface area contributed by atoms with Crippen molar-refractivity contribution in [3.63, 3.8) is 0 Å². The van der Waals surface area contributed by atoms with E-state index in [4.69, 9.17) is 5.73 Å². The molecule has 142 valence electrons. The standard InChI is InChI=1S/C20H30N4O2/c21-19(25)18-8-11-24(12-9-18)20(26)22-13-17-7-4-10-23(15-17)14-16-5-2-1-3-6-16/h1-3,5-6,17-18H,4,7-15H2,(H2,21,25)(H,22,26)/t17-/m1/s1. The van der Waals surface area contributed by atoms with Crippen molar-refractivity contribution in [1.29, 1.82) is 0 Å². The maximum absolute atomic E-state index is 12.4. The molecule has 6 heteroatoms. The molecule has 2 aliphatic heterocycles. The lowest BCUT2D eigenvalue weighted by Gasteiger charge is -2.34. The molecule has 2 saturated heterocycles. The maximum Gasteiger partial charge on any atom is 0.317 e. The molecule has 0 aromatic heterocycles. The van der Waals surface area contributed by atoms with Crippen LogP contribution in [0.1, 0.15) is 31.2 Å². The molecular formula is C20H30N4O2. The number of nitrogens with one attached hydrogen (secondary N) is 1. The van der Waals surface area contributed by atoms with Gasteiger partial charge in [-0.05, 0) is 43.7 Å². The molecule has 2 heterocycles. The molecule has 0 radical (unpaired) electrons. The van der Waals surface area contributed by atoms with Gasteiger partial charge in [0.1, 0.15) is 0 Å². The number of piperidine rings is 2. The zero-order chi connectivity index (χ0) is 18.4. The van der Waals surface area contributed by atoms with Crippen LogP contribution in [0.15, 0.2) is 30.3 Å². The molecule has 0 bridgehead atoms. The fraction of sp³-hybridized carbons (Fsp3) is 0.600. The van der Waals surface area contributed by atoms with Crippen molar-refractivity contribution in [1.82, 2.24) is 15.1 Å². The number of carbonyl (C=O) groups excluding carboxylic acids is 2. The molecule has 0 spiro atoms. The minimum absolute atomic E-state index is 0.00639. The van der Waals surface area contributed by atoms with E-state index >= 15 is 0 Å². The molecule has 3 amide bonds. The van der Waals surface area contributed by atoms with Crippen molar-refractivity contribution in [2.75, 3.05) is 32.7 Å². The van der Waals surface area contributed by atoms with Crippen molar-refractivity contribution in [2.24, 2.45) is 17.6 Å². The van der Waals surface area contributed by atoms with Gasteiger partial charge in [-0.25, -0.2) is 4.79 Å². The van der Waals surface area contributed by atoms with Crippen molar-refractivity contribution in [3.05, 3.63) is 35.9 Å². The van der Waals surface area contributed by atoms with Gasteiger partial charge in [0.25, 0.3) is 0 Å². The molecule has 3 rings (SSSR count). The summed E-state index contributed by atoms with van der Waals surface area (Å²) >= 11 is 0. The first-order valence-corrected chi connectivity index (χ1v) is 9.70. The highest BCUT2D eigenvalue weighted by molar-refractivity contribution is 5.78. The Labute approximate surface area is 155 Å². The Morgan fingerprint density at radius 1 is 1.08 bits per heavy atom. The number of rotatable bonds is 5. The van der Waals surface area contributed by atoms with Crippen LogP contribution in [-0.4, -0.2) is 54.5 Å². The van der Waals surface area contributed by atoms with E-state index in [9.17, 15) is 9.59 Å². The largest absolute Gasteiger partial charge is 0.369 e. The Morgan fingerprint density at radius 3 is 2.50 bits per heavy atom. The zero-order valence-electron chi connectivity index (χ0n) is 15.4. The van der Waals surface area contributed by atoms with Gasteiger partial charge in [0.2, 0.25) is 5.91 Å². The van der Waals surface area contributed by atoms with E-state index in [1.165, 1.54) is 12.0 Å². The number of urea groups is 1. The Kier molecular flexibility index (Phi) is 6.50. The maximum atomic E-state index is 12.4. The van der Waals surface area contributed by atoms with E-state index in [-0.39, 0.29) is 17.9 Å². The number of nitrogens with two attached hydrogens (primary N) is 1. The van der Waals surface area contributed by atoms with E-state index in [1.807, 2.05) is 11.0 Å². The molecule has 3 N–H and O–H groups in total. The van der Waals surface area contributed by atoms with Gasteiger partial charge in [0.05, 0.1) is 0 Å². The van der Waals surface area contributed by atoms with Crippen LogP contribution in [0, 0.1) is 11.8 Å². The van der Waals surface area contributed by atoms with Crippen LogP contribution in [0.25, 0.3) is 0 Å². The summed E-state index contributed by atoms with van der Waals surface area (Å²) in [7, 11) is 0. The summed E-state index contributed by atoms with van der Waals surface area (Å²) < 4.78 is 0. The van der Waals surface area contributed by atoms with Gasteiger partial charge in [-0.1, -0.05) is 30.3 Å². The third-order valence-electron chi connectivity index (χ3n) is 5.58.